The van der Waals surface area contributed by atoms with Gasteiger partial charge >= 0.3 is 5.97 Å². The summed E-state index contributed by atoms with van der Waals surface area (Å²) in [5.74, 6) is 0.184. The first-order valence-corrected chi connectivity index (χ1v) is 6.40. The third-order valence-electron chi connectivity index (χ3n) is 1.93. The summed E-state index contributed by atoms with van der Waals surface area (Å²) in [6.07, 6.45) is -0.499. The second-order valence-corrected chi connectivity index (χ2v) is 4.62. The van der Waals surface area contributed by atoms with Crippen molar-refractivity contribution in [1.29, 1.82) is 0 Å². The third-order valence-corrected chi connectivity index (χ3v) is 3.04. The molecular formula is C10H19NO5S. The Morgan fingerprint density at radius 3 is 2.65 bits per heavy atom. The molecule has 0 rings (SSSR count). The fourth-order valence-corrected chi connectivity index (χ4v) is 1.86. The highest BCUT2D eigenvalue weighted by Gasteiger charge is 2.15. The monoisotopic (exact) mass is 265 g/mol. The SMILES string of the molecule is COC(=O)[C@@H](C)NC(=O)CCSCC(O)CO. The summed E-state index contributed by atoms with van der Waals surface area (Å²) in [4.78, 5) is 22.3. The van der Waals surface area contributed by atoms with Crippen LogP contribution in [0, 0.1) is 0 Å². The van der Waals surface area contributed by atoms with E-state index in [1.54, 1.807) is 6.92 Å². The highest BCUT2D eigenvalue weighted by atomic mass is 32.2. The van der Waals surface area contributed by atoms with Crippen molar-refractivity contribution in [1.82, 2.24) is 5.32 Å². The third kappa shape index (κ3) is 8.00. The molecule has 2 atom stereocenters. The first-order chi connectivity index (χ1) is 8.01. The van der Waals surface area contributed by atoms with E-state index in [1.807, 2.05) is 0 Å². The number of hydrogen-bond acceptors (Lipinski definition) is 6. The summed E-state index contributed by atoms with van der Waals surface area (Å²) in [7, 11) is 1.26. The molecule has 0 aliphatic carbocycles. The molecule has 0 aliphatic heterocycles. The second kappa shape index (κ2) is 9.26. The van der Waals surface area contributed by atoms with E-state index in [1.165, 1.54) is 18.9 Å². The van der Waals surface area contributed by atoms with E-state index in [0.29, 0.717) is 11.5 Å². The fraction of sp³-hybridized carbons (Fsp3) is 0.800. The minimum Gasteiger partial charge on any atom is -0.467 e. The summed E-state index contributed by atoms with van der Waals surface area (Å²) >= 11 is 1.37. The van der Waals surface area contributed by atoms with Gasteiger partial charge in [0.2, 0.25) is 5.91 Å². The standard InChI is InChI=1S/C10H19NO5S/c1-7(10(15)16-2)11-9(14)3-4-17-6-8(13)5-12/h7-8,12-13H,3-6H2,1-2H3,(H,11,14)/t7-,8?/m1/s1. The van der Waals surface area contributed by atoms with E-state index in [0.717, 1.165) is 0 Å². The Hall–Kier alpha value is -0.790. The van der Waals surface area contributed by atoms with Crippen LogP contribution >= 0.6 is 11.8 Å². The maximum Gasteiger partial charge on any atom is 0.328 e. The molecule has 0 heterocycles. The Labute approximate surface area is 105 Å². The quantitative estimate of drug-likeness (QED) is 0.390. The fourth-order valence-electron chi connectivity index (χ4n) is 0.986. The van der Waals surface area contributed by atoms with E-state index in [9.17, 15) is 9.59 Å². The molecule has 7 heteroatoms. The van der Waals surface area contributed by atoms with Crippen LogP contribution in [-0.2, 0) is 14.3 Å². The molecular weight excluding hydrogens is 246 g/mol. The van der Waals surface area contributed by atoms with Gasteiger partial charge < -0.3 is 20.3 Å². The van der Waals surface area contributed by atoms with Crippen LogP contribution in [0.3, 0.4) is 0 Å². The van der Waals surface area contributed by atoms with E-state index < -0.39 is 18.1 Å². The Morgan fingerprint density at radius 1 is 1.47 bits per heavy atom. The van der Waals surface area contributed by atoms with Gasteiger partial charge in [-0.15, -0.1) is 0 Å². The number of aliphatic hydroxyl groups excluding tert-OH is 2. The lowest BCUT2D eigenvalue weighted by atomic mass is 10.3. The predicted molar refractivity (Wildman–Crippen MR) is 64.7 cm³/mol. The van der Waals surface area contributed by atoms with Crippen LogP contribution in [0.25, 0.3) is 0 Å². The number of esters is 1. The minimum absolute atomic E-state index is 0.242. The topological polar surface area (TPSA) is 95.9 Å². The van der Waals surface area contributed by atoms with Gasteiger partial charge in [0.25, 0.3) is 0 Å². The summed E-state index contributed by atoms with van der Waals surface area (Å²) < 4.78 is 4.46. The number of ether oxygens (including phenoxy) is 1. The zero-order valence-electron chi connectivity index (χ0n) is 10.0. The molecule has 17 heavy (non-hydrogen) atoms. The zero-order valence-corrected chi connectivity index (χ0v) is 10.8. The van der Waals surface area contributed by atoms with Gasteiger partial charge in [-0.05, 0) is 6.92 Å². The molecule has 0 fully saturated rings. The van der Waals surface area contributed by atoms with Crippen molar-refractivity contribution in [2.24, 2.45) is 0 Å². The zero-order chi connectivity index (χ0) is 13.3. The highest BCUT2D eigenvalue weighted by Crippen LogP contribution is 2.04. The highest BCUT2D eigenvalue weighted by molar-refractivity contribution is 7.99. The molecule has 1 amide bonds. The number of carbonyl (C=O) groups excluding carboxylic acids is 2. The lowest BCUT2D eigenvalue weighted by molar-refractivity contribution is -0.144. The van der Waals surface area contributed by atoms with Gasteiger partial charge in [0, 0.05) is 17.9 Å². The molecule has 6 nitrogen and oxygen atoms in total. The van der Waals surface area contributed by atoms with Crippen LogP contribution in [0.5, 0.6) is 0 Å². The number of methoxy groups -OCH3 is 1. The van der Waals surface area contributed by atoms with Gasteiger partial charge in [0.15, 0.2) is 0 Å². The van der Waals surface area contributed by atoms with Crippen molar-refractivity contribution >= 4 is 23.6 Å². The molecule has 0 aliphatic rings. The first kappa shape index (κ1) is 16.2. The molecule has 0 saturated heterocycles. The van der Waals surface area contributed by atoms with E-state index >= 15 is 0 Å². The molecule has 0 radical (unpaired) electrons. The van der Waals surface area contributed by atoms with Gasteiger partial charge in [-0.3, -0.25) is 4.79 Å². The van der Waals surface area contributed by atoms with Gasteiger partial charge in [0.1, 0.15) is 6.04 Å². The number of carbonyl (C=O) groups is 2. The maximum atomic E-state index is 11.3. The van der Waals surface area contributed by atoms with Crippen molar-refractivity contribution in [2.75, 3.05) is 25.2 Å². The van der Waals surface area contributed by atoms with Gasteiger partial charge in [-0.2, -0.15) is 11.8 Å². The number of rotatable bonds is 8. The number of amides is 1. The molecule has 0 saturated carbocycles. The molecule has 0 bridgehead atoms. The van der Waals surface area contributed by atoms with Gasteiger partial charge in [0.05, 0.1) is 19.8 Å². The van der Waals surface area contributed by atoms with E-state index in [-0.39, 0.29) is 18.9 Å². The molecule has 0 aromatic carbocycles. The van der Waals surface area contributed by atoms with Gasteiger partial charge in [-0.1, -0.05) is 0 Å². The number of aliphatic hydroxyl groups is 2. The van der Waals surface area contributed by atoms with Crippen molar-refractivity contribution in [3.8, 4) is 0 Å². The summed E-state index contributed by atoms with van der Waals surface area (Å²) in [5.41, 5.74) is 0. The molecule has 100 valence electrons. The lowest BCUT2D eigenvalue weighted by Crippen LogP contribution is -2.39. The predicted octanol–water partition coefficient (Wildman–Crippen LogP) is -0.859. The summed E-state index contributed by atoms with van der Waals surface area (Å²) in [5, 5.41) is 20.1. The summed E-state index contributed by atoms with van der Waals surface area (Å²) in [6, 6.07) is -0.652. The van der Waals surface area contributed by atoms with Crippen LogP contribution < -0.4 is 5.32 Å². The molecule has 3 N–H and O–H groups in total. The van der Waals surface area contributed by atoms with Crippen LogP contribution in [0.15, 0.2) is 0 Å². The lowest BCUT2D eigenvalue weighted by Gasteiger charge is -2.11. The molecule has 0 aromatic rings. The van der Waals surface area contributed by atoms with Crippen molar-refractivity contribution in [3.05, 3.63) is 0 Å². The Kier molecular flexibility index (Phi) is 8.83. The van der Waals surface area contributed by atoms with E-state index in [2.05, 4.69) is 10.1 Å². The minimum atomic E-state index is -0.753. The van der Waals surface area contributed by atoms with Crippen molar-refractivity contribution < 1.29 is 24.5 Å². The van der Waals surface area contributed by atoms with Crippen LogP contribution in [0.1, 0.15) is 13.3 Å². The normalized spacial score (nSPS) is 13.9. The Bertz CT molecular complexity index is 249. The summed E-state index contributed by atoms with van der Waals surface area (Å²) in [6.45, 7) is 1.27. The van der Waals surface area contributed by atoms with E-state index in [4.69, 9.17) is 10.2 Å². The van der Waals surface area contributed by atoms with Crippen molar-refractivity contribution in [2.45, 2.75) is 25.5 Å². The molecule has 0 spiro atoms. The first-order valence-electron chi connectivity index (χ1n) is 5.25. The smallest absolute Gasteiger partial charge is 0.328 e. The van der Waals surface area contributed by atoms with Crippen LogP contribution in [-0.4, -0.2) is 59.5 Å². The average Bonchev–Trinajstić information content (AvgIpc) is 2.32. The number of thioether (sulfide) groups is 1. The van der Waals surface area contributed by atoms with Crippen LogP contribution in [0.4, 0.5) is 0 Å². The Morgan fingerprint density at radius 2 is 2.12 bits per heavy atom. The van der Waals surface area contributed by atoms with Gasteiger partial charge in [-0.25, -0.2) is 4.79 Å². The number of hydrogen-bond donors (Lipinski definition) is 3. The average molecular weight is 265 g/mol. The Balaban J connectivity index is 3.63. The number of nitrogens with one attached hydrogen (secondary N) is 1. The van der Waals surface area contributed by atoms with Crippen LogP contribution in [0.2, 0.25) is 0 Å². The molecule has 0 aromatic heterocycles. The van der Waals surface area contributed by atoms with Crippen molar-refractivity contribution in [3.63, 3.8) is 0 Å². The molecule has 1 unspecified atom stereocenters. The maximum absolute atomic E-state index is 11.3. The second-order valence-electron chi connectivity index (χ2n) is 3.47. The largest absolute Gasteiger partial charge is 0.467 e.